The van der Waals surface area contributed by atoms with Gasteiger partial charge in [0.2, 0.25) is 5.52 Å². The first-order valence-electron chi connectivity index (χ1n) is 9.22. The number of rotatable bonds is 0. The third kappa shape index (κ3) is 1.67. The van der Waals surface area contributed by atoms with Crippen LogP contribution in [0.15, 0.2) is 54.7 Å². The van der Waals surface area contributed by atoms with E-state index in [0.29, 0.717) is 0 Å². The van der Waals surface area contributed by atoms with Crippen LogP contribution in [0, 0.1) is 19.7 Å². The Balaban J connectivity index is 2.16. The molecule has 6 aromatic rings. The first-order chi connectivity index (χ1) is 13.1. The van der Waals surface area contributed by atoms with E-state index in [0.717, 1.165) is 16.4 Å². The minimum atomic E-state index is -0.201. The van der Waals surface area contributed by atoms with Gasteiger partial charge in [-0.05, 0) is 60.7 Å². The van der Waals surface area contributed by atoms with Crippen LogP contribution in [0.3, 0.4) is 0 Å². The second-order valence-corrected chi connectivity index (χ2v) is 7.60. The van der Waals surface area contributed by atoms with E-state index in [1.807, 2.05) is 6.07 Å². The quantitative estimate of drug-likeness (QED) is 0.192. The van der Waals surface area contributed by atoms with Crippen LogP contribution >= 0.6 is 0 Å². The highest BCUT2D eigenvalue weighted by Gasteiger charge is 2.24. The Morgan fingerprint density at radius 3 is 2.59 bits per heavy atom. The minimum Gasteiger partial charge on any atom is -0.307 e. The zero-order valence-electron chi connectivity index (χ0n) is 15.5. The number of aromatic nitrogens is 2. The molecule has 0 saturated carbocycles. The summed E-state index contributed by atoms with van der Waals surface area (Å²) >= 11 is 0. The van der Waals surface area contributed by atoms with Crippen molar-refractivity contribution in [3.8, 4) is 0 Å². The van der Waals surface area contributed by atoms with E-state index in [2.05, 4.69) is 66.4 Å². The molecular formula is C24H18FN2+. The van der Waals surface area contributed by atoms with Gasteiger partial charge in [0.1, 0.15) is 12.9 Å². The van der Waals surface area contributed by atoms with Crippen molar-refractivity contribution >= 4 is 49.0 Å². The number of aryl methyl sites for hydroxylation is 3. The molecule has 0 fully saturated rings. The van der Waals surface area contributed by atoms with Gasteiger partial charge in [-0.1, -0.05) is 12.1 Å². The molecule has 0 aliphatic heterocycles. The Bertz CT molecular complexity index is 1560. The summed E-state index contributed by atoms with van der Waals surface area (Å²) in [6, 6.07) is 15.9. The lowest BCUT2D eigenvalue weighted by atomic mass is 9.97. The zero-order valence-corrected chi connectivity index (χ0v) is 15.5. The number of hydrogen-bond acceptors (Lipinski definition) is 0. The summed E-state index contributed by atoms with van der Waals surface area (Å²) in [5.74, 6) is -0.201. The summed E-state index contributed by atoms with van der Waals surface area (Å²) in [5, 5.41) is 5.98. The Labute approximate surface area is 155 Å². The van der Waals surface area contributed by atoms with Crippen LogP contribution < -0.4 is 4.57 Å². The van der Waals surface area contributed by atoms with Crippen LogP contribution in [-0.2, 0) is 7.05 Å². The van der Waals surface area contributed by atoms with E-state index in [-0.39, 0.29) is 5.82 Å². The molecule has 0 atom stereocenters. The fourth-order valence-electron chi connectivity index (χ4n) is 4.80. The van der Waals surface area contributed by atoms with Crippen molar-refractivity contribution in [2.75, 3.05) is 0 Å². The van der Waals surface area contributed by atoms with Crippen LogP contribution in [0.25, 0.3) is 49.0 Å². The van der Waals surface area contributed by atoms with Gasteiger partial charge in [-0.3, -0.25) is 0 Å². The predicted molar refractivity (Wildman–Crippen MR) is 109 cm³/mol. The van der Waals surface area contributed by atoms with E-state index in [1.165, 1.54) is 43.7 Å². The Morgan fingerprint density at radius 1 is 0.889 bits per heavy atom. The molecule has 2 nitrogen and oxygen atoms in total. The highest BCUT2D eigenvalue weighted by atomic mass is 19.1. The Morgan fingerprint density at radius 2 is 1.74 bits per heavy atom. The monoisotopic (exact) mass is 353 g/mol. The Hall–Kier alpha value is -3.20. The van der Waals surface area contributed by atoms with E-state index in [9.17, 15) is 4.39 Å². The molecule has 0 N–H and O–H groups in total. The number of nitrogens with zero attached hydrogens (tertiary/aromatic N) is 2. The first-order valence-corrected chi connectivity index (χ1v) is 9.22. The first kappa shape index (κ1) is 14.9. The van der Waals surface area contributed by atoms with Crippen molar-refractivity contribution in [3.05, 3.63) is 71.7 Å². The third-order valence-corrected chi connectivity index (χ3v) is 6.15. The van der Waals surface area contributed by atoms with Crippen LogP contribution in [0.1, 0.15) is 11.1 Å². The third-order valence-electron chi connectivity index (χ3n) is 6.15. The lowest BCUT2D eigenvalue weighted by Crippen LogP contribution is -2.29. The number of halogens is 1. The van der Waals surface area contributed by atoms with Gasteiger partial charge in [0.15, 0.2) is 6.20 Å². The maximum atomic E-state index is 14.2. The lowest BCUT2D eigenvalue weighted by Gasteiger charge is -2.13. The molecule has 0 spiro atoms. The largest absolute Gasteiger partial charge is 0.307 e. The second kappa shape index (κ2) is 4.74. The molecule has 0 aliphatic rings. The normalized spacial score (nSPS) is 12.4. The highest BCUT2D eigenvalue weighted by Crippen LogP contribution is 2.41. The molecule has 0 saturated heterocycles. The van der Waals surface area contributed by atoms with Crippen molar-refractivity contribution in [3.63, 3.8) is 0 Å². The van der Waals surface area contributed by atoms with Crippen LogP contribution in [0.5, 0.6) is 0 Å². The number of hydrogen-bond donors (Lipinski definition) is 0. The van der Waals surface area contributed by atoms with E-state index in [1.54, 1.807) is 12.1 Å². The molecule has 6 rings (SSSR count). The van der Waals surface area contributed by atoms with Gasteiger partial charge in [0.05, 0.1) is 27.3 Å². The molecule has 0 unspecified atom stereocenters. The summed E-state index contributed by atoms with van der Waals surface area (Å²) in [4.78, 5) is 0. The predicted octanol–water partition coefficient (Wildman–Crippen LogP) is 5.57. The van der Waals surface area contributed by atoms with Crippen molar-refractivity contribution in [1.29, 1.82) is 0 Å². The summed E-state index contributed by atoms with van der Waals surface area (Å²) in [5.41, 5.74) is 7.02. The van der Waals surface area contributed by atoms with Gasteiger partial charge < -0.3 is 4.40 Å². The van der Waals surface area contributed by atoms with Crippen molar-refractivity contribution in [1.82, 2.24) is 4.40 Å². The molecule has 0 radical (unpaired) electrons. The van der Waals surface area contributed by atoms with Gasteiger partial charge in [-0.25, -0.2) is 8.96 Å². The van der Waals surface area contributed by atoms with Crippen LogP contribution in [-0.4, -0.2) is 4.40 Å². The van der Waals surface area contributed by atoms with E-state index < -0.39 is 0 Å². The van der Waals surface area contributed by atoms with Crippen LogP contribution in [0.2, 0.25) is 0 Å². The van der Waals surface area contributed by atoms with E-state index in [4.69, 9.17) is 0 Å². The highest BCUT2D eigenvalue weighted by molar-refractivity contribution is 6.25. The van der Waals surface area contributed by atoms with Crippen LogP contribution in [0.4, 0.5) is 4.39 Å². The molecule has 3 aromatic carbocycles. The molecule has 3 aromatic heterocycles. The zero-order chi connectivity index (χ0) is 18.4. The molecule has 3 heteroatoms. The summed E-state index contributed by atoms with van der Waals surface area (Å²) in [6.07, 6.45) is 2.13. The molecule has 0 bridgehead atoms. The maximum Gasteiger partial charge on any atom is 0.224 e. The van der Waals surface area contributed by atoms with Crippen molar-refractivity contribution < 1.29 is 8.96 Å². The van der Waals surface area contributed by atoms with Gasteiger partial charge in [-0.2, -0.15) is 0 Å². The summed E-state index contributed by atoms with van der Waals surface area (Å²) in [6.45, 7) is 4.36. The minimum absolute atomic E-state index is 0.201. The second-order valence-electron chi connectivity index (χ2n) is 7.60. The maximum absolute atomic E-state index is 14.2. The molecule has 27 heavy (non-hydrogen) atoms. The fraction of sp³-hybridized carbons (Fsp3) is 0.125. The molecule has 0 amide bonds. The topological polar surface area (TPSA) is 8.29 Å². The van der Waals surface area contributed by atoms with Gasteiger partial charge >= 0.3 is 0 Å². The molecule has 3 heterocycles. The summed E-state index contributed by atoms with van der Waals surface area (Å²) < 4.78 is 18.7. The SMILES string of the molecule is Cc1cc2c3ccc(F)cc3n3c4cccc5cc[n+](C)c(c(c1C)c23)c54. The average Bonchev–Trinajstić information content (AvgIpc) is 2.97. The lowest BCUT2D eigenvalue weighted by molar-refractivity contribution is -0.643. The van der Waals surface area contributed by atoms with E-state index >= 15 is 0 Å². The summed E-state index contributed by atoms with van der Waals surface area (Å²) in [7, 11) is 2.11. The van der Waals surface area contributed by atoms with Crippen molar-refractivity contribution in [2.45, 2.75) is 13.8 Å². The fourth-order valence-corrected chi connectivity index (χ4v) is 4.80. The number of benzene rings is 3. The van der Waals surface area contributed by atoms with Gasteiger partial charge in [0, 0.05) is 16.8 Å². The smallest absolute Gasteiger partial charge is 0.224 e. The number of fused-ring (bicyclic) bond motifs is 5. The van der Waals surface area contributed by atoms with Gasteiger partial charge in [0.25, 0.3) is 0 Å². The average molecular weight is 353 g/mol. The standard InChI is InChI=1S/C24H18FN2/c1-13-11-18-17-8-7-16(25)12-20(17)27-19-6-4-5-15-9-10-26(3)24(22(15)19)21(14(13)2)23(18)27/h4-12H,1-3H3/q+1. The Kier molecular flexibility index (Phi) is 2.62. The molecule has 0 aliphatic carbocycles. The molecule has 130 valence electrons. The van der Waals surface area contributed by atoms with Crippen molar-refractivity contribution in [2.24, 2.45) is 7.05 Å². The number of pyridine rings is 2. The van der Waals surface area contributed by atoms with Gasteiger partial charge in [-0.15, -0.1) is 0 Å². The molecular weight excluding hydrogens is 335 g/mol.